The normalized spacial score (nSPS) is 22.6. The Morgan fingerprint density at radius 2 is 1.96 bits per heavy atom. The maximum atomic E-state index is 14.9. The van der Waals surface area contributed by atoms with Gasteiger partial charge in [0, 0.05) is 43.0 Å². The highest BCUT2D eigenvalue weighted by Crippen LogP contribution is 2.43. The van der Waals surface area contributed by atoms with E-state index in [0.717, 1.165) is 65.3 Å². The lowest BCUT2D eigenvalue weighted by Crippen LogP contribution is -2.50. The number of phenolic OH excluding ortho intramolecular Hbond substituents is 1. The number of ether oxygens (including phenoxy) is 1. The largest absolute Gasteiger partial charge is 0.507 e. The van der Waals surface area contributed by atoms with Crippen molar-refractivity contribution >= 4 is 23.3 Å². The smallest absolute Gasteiger partial charge is 0.258 e. The van der Waals surface area contributed by atoms with Crippen LogP contribution in [0.15, 0.2) is 60.9 Å². The average Bonchev–Trinajstić information content (AvgIpc) is 3.46. The summed E-state index contributed by atoms with van der Waals surface area (Å²) < 4.78 is 22.4. The van der Waals surface area contributed by atoms with Crippen LogP contribution in [0.5, 0.6) is 5.75 Å². The Labute approximate surface area is 272 Å². The summed E-state index contributed by atoms with van der Waals surface area (Å²) in [4.78, 5) is 34.0. The number of benzene rings is 2. The van der Waals surface area contributed by atoms with Crippen LogP contribution in [0.4, 0.5) is 15.9 Å². The molecular weight excluding hydrogens is 599 g/mol. The number of aromatic nitrogens is 3. The summed E-state index contributed by atoms with van der Waals surface area (Å²) in [5.41, 5.74) is 4.75. The topological polar surface area (TPSA) is 122 Å². The van der Waals surface area contributed by atoms with E-state index in [1.165, 1.54) is 6.07 Å². The number of carbonyl (C=O) groups is 2. The van der Waals surface area contributed by atoms with Crippen LogP contribution in [-0.2, 0) is 27.8 Å². The monoisotopic (exact) mass is 636 g/mol. The number of nitrogens with zero attached hydrogens (tertiary/aromatic N) is 4. The predicted octanol–water partition coefficient (Wildman–Crippen LogP) is 4.80. The van der Waals surface area contributed by atoms with Gasteiger partial charge in [0.05, 0.1) is 30.6 Å². The number of anilines is 2. The highest BCUT2D eigenvalue weighted by Gasteiger charge is 2.52. The number of amides is 2. The Morgan fingerprint density at radius 3 is 2.66 bits per heavy atom. The van der Waals surface area contributed by atoms with Gasteiger partial charge in [0.1, 0.15) is 17.6 Å². The highest BCUT2D eigenvalue weighted by atomic mass is 19.1. The van der Waals surface area contributed by atoms with Gasteiger partial charge in [0.15, 0.2) is 5.67 Å². The van der Waals surface area contributed by atoms with Crippen LogP contribution in [0.2, 0.25) is 0 Å². The quantitative estimate of drug-likeness (QED) is 0.254. The molecule has 47 heavy (non-hydrogen) atoms. The molecule has 3 N–H and O–H groups in total. The summed E-state index contributed by atoms with van der Waals surface area (Å²) in [6.07, 6.45) is 6.49. The lowest BCUT2D eigenvalue weighted by molar-refractivity contribution is -0.131. The molecule has 4 aliphatic rings. The first-order valence-electron chi connectivity index (χ1n) is 16.3. The van der Waals surface area contributed by atoms with Crippen molar-refractivity contribution in [2.75, 3.05) is 23.4 Å². The summed E-state index contributed by atoms with van der Waals surface area (Å²) in [6, 6.07) is 14.6. The fourth-order valence-electron chi connectivity index (χ4n) is 7.52. The molecule has 2 saturated heterocycles. The van der Waals surface area contributed by atoms with Crippen molar-refractivity contribution in [1.29, 1.82) is 0 Å². The third-order valence-corrected chi connectivity index (χ3v) is 10.3. The van der Waals surface area contributed by atoms with Crippen LogP contribution < -0.4 is 15.5 Å². The van der Waals surface area contributed by atoms with Crippen molar-refractivity contribution in [2.45, 2.75) is 68.8 Å². The van der Waals surface area contributed by atoms with E-state index in [-0.39, 0.29) is 30.6 Å². The maximum absolute atomic E-state index is 14.9. The van der Waals surface area contributed by atoms with Crippen LogP contribution in [0.1, 0.15) is 48.3 Å². The second kappa shape index (κ2) is 11.2. The Bertz CT molecular complexity index is 1880. The number of carbonyl (C=O) groups excluding carboxylic acids is 2. The number of pyridine rings is 1. The van der Waals surface area contributed by atoms with E-state index in [1.807, 2.05) is 19.2 Å². The second-order valence-electron chi connectivity index (χ2n) is 13.4. The minimum atomic E-state index is -1.93. The zero-order valence-electron chi connectivity index (χ0n) is 26.4. The number of hydrogen-bond acceptors (Lipinski definition) is 7. The summed E-state index contributed by atoms with van der Waals surface area (Å²) in [6.45, 7) is 3.47. The number of phenols is 1. The molecule has 0 radical (unpaired) electrons. The molecule has 2 aromatic heterocycles. The second-order valence-corrected chi connectivity index (χ2v) is 13.4. The van der Waals surface area contributed by atoms with Gasteiger partial charge in [0.2, 0.25) is 5.91 Å². The van der Waals surface area contributed by atoms with Gasteiger partial charge >= 0.3 is 0 Å². The Hall–Kier alpha value is -4.77. The lowest BCUT2D eigenvalue weighted by atomic mass is 9.90. The molecule has 4 atom stereocenters. The fraction of sp³-hybridized carbons (Fsp3) is 0.389. The molecule has 3 fully saturated rings. The van der Waals surface area contributed by atoms with Crippen molar-refractivity contribution < 1.29 is 23.8 Å². The van der Waals surface area contributed by atoms with E-state index in [2.05, 4.69) is 49.9 Å². The molecule has 2 aromatic carbocycles. The summed E-state index contributed by atoms with van der Waals surface area (Å²) in [5, 5.41) is 20.8. The first-order valence-corrected chi connectivity index (χ1v) is 16.3. The van der Waals surface area contributed by atoms with E-state index in [9.17, 15) is 19.1 Å². The molecule has 2 bridgehead atoms. The van der Waals surface area contributed by atoms with Crippen molar-refractivity contribution in [3.8, 4) is 28.1 Å². The predicted molar refractivity (Wildman–Crippen MR) is 175 cm³/mol. The van der Waals surface area contributed by atoms with Gasteiger partial charge in [-0.05, 0) is 91.1 Å². The van der Waals surface area contributed by atoms with Crippen molar-refractivity contribution in [3.05, 3.63) is 77.6 Å². The van der Waals surface area contributed by atoms with Gasteiger partial charge in [-0.2, -0.15) is 5.10 Å². The molecule has 11 heteroatoms. The summed E-state index contributed by atoms with van der Waals surface area (Å²) >= 11 is 0. The van der Waals surface area contributed by atoms with Crippen LogP contribution in [-0.4, -0.2) is 68.7 Å². The Kier molecular flexibility index (Phi) is 7.05. The van der Waals surface area contributed by atoms with Gasteiger partial charge in [0.25, 0.3) is 5.91 Å². The Balaban J connectivity index is 1.08. The molecule has 242 valence electrons. The van der Waals surface area contributed by atoms with E-state index in [0.29, 0.717) is 23.7 Å². The van der Waals surface area contributed by atoms with Gasteiger partial charge in [-0.1, -0.05) is 18.2 Å². The fourth-order valence-corrected chi connectivity index (χ4v) is 7.52. The summed E-state index contributed by atoms with van der Waals surface area (Å²) in [7, 11) is 1.80. The number of morpholine rings is 1. The minimum Gasteiger partial charge on any atom is -0.507 e. The van der Waals surface area contributed by atoms with Gasteiger partial charge in [-0.25, -0.2) is 9.37 Å². The standard InChI is InChI=1S/C36H37FN6O4/c1-20-17-39-42(2)33(20)28-8-6-24(15-30(28)44)40-34(45)32(41-35(46)36(37)10-11-36)27-7-5-21-3-4-22(13-29(21)27)23-9-12-38-31(14-23)43-18-26-16-25(43)19-47-26/h3-4,6,8-9,12-15,17,25-27,32,44H,5,7,10-11,16,18-19H2,1-2H3,(H,40,45)(H,41,46)/t25-,26-,27+,32-/m0/s1. The third-order valence-electron chi connectivity index (χ3n) is 10.3. The number of rotatable bonds is 8. The van der Waals surface area contributed by atoms with Crippen LogP contribution in [0.3, 0.4) is 0 Å². The molecule has 2 aliphatic carbocycles. The van der Waals surface area contributed by atoms with Gasteiger partial charge in [-0.15, -0.1) is 0 Å². The summed E-state index contributed by atoms with van der Waals surface area (Å²) in [5.74, 6) is -0.681. The van der Waals surface area contributed by atoms with E-state index >= 15 is 0 Å². The molecule has 1 saturated carbocycles. The molecule has 2 amide bonds. The number of aryl methyl sites for hydroxylation is 3. The number of fused-ring (bicyclic) bond motifs is 3. The van der Waals surface area contributed by atoms with Crippen LogP contribution in [0.25, 0.3) is 22.4 Å². The molecule has 4 heterocycles. The highest BCUT2D eigenvalue weighted by molar-refractivity contribution is 6.00. The SMILES string of the molecule is Cc1cnn(C)c1-c1ccc(NC(=O)[C@@H](NC(=O)C2(F)CC2)[C@@H]2CCc3ccc(-c4ccnc(N5C[C@@H]6C[C@H]5CO6)c4)cc32)cc1O. The number of nitrogens with one attached hydrogen (secondary N) is 2. The van der Waals surface area contributed by atoms with E-state index in [4.69, 9.17) is 4.74 Å². The molecule has 8 rings (SSSR count). The number of aromatic hydroxyl groups is 1. The van der Waals surface area contributed by atoms with Crippen molar-refractivity contribution in [3.63, 3.8) is 0 Å². The van der Waals surface area contributed by atoms with Crippen LogP contribution in [0, 0.1) is 6.92 Å². The molecule has 10 nitrogen and oxygen atoms in total. The van der Waals surface area contributed by atoms with E-state index < -0.39 is 23.5 Å². The molecule has 0 unspecified atom stereocenters. The van der Waals surface area contributed by atoms with E-state index in [1.54, 1.807) is 30.1 Å². The number of alkyl halides is 1. The van der Waals surface area contributed by atoms with Gasteiger partial charge < -0.3 is 25.4 Å². The first-order chi connectivity index (χ1) is 22.7. The van der Waals surface area contributed by atoms with Crippen LogP contribution >= 0.6 is 0 Å². The number of halogens is 1. The maximum Gasteiger partial charge on any atom is 0.258 e. The molecular formula is C36H37FN6O4. The first kappa shape index (κ1) is 29.6. The van der Waals surface area contributed by atoms with Crippen molar-refractivity contribution in [2.24, 2.45) is 7.05 Å². The minimum absolute atomic E-state index is 0.0161. The molecule has 4 aromatic rings. The molecule has 0 spiro atoms. The number of hydrogen-bond donors (Lipinski definition) is 3. The zero-order chi connectivity index (χ0) is 32.4. The molecule has 2 aliphatic heterocycles. The Morgan fingerprint density at radius 1 is 1.13 bits per heavy atom. The zero-order valence-corrected chi connectivity index (χ0v) is 26.4. The van der Waals surface area contributed by atoms with Gasteiger partial charge in [-0.3, -0.25) is 14.3 Å². The van der Waals surface area contributed by atoms with Crippen molar-refractivity contribution in [1.82, 2.24) is 20.1 Å². The third kappa shape index (κ3) is 5.32. The lowest BCUT2D eigenvalue weighted by Gasteiger charge is -2.28. The average molecular weight is 637 g/mol.